The molecule has 4 heterocycles. The number of carbonyl (C=O) groups is 2. The third-order valence-electron chi connectivity index (χ3n) is 7.45. The number of pyridine rings is 1. The summed E-state index contributed by atoms with van der Waals surface area (Å²) in [5, 5.41) is 6.80. The number of hydrogen-bond acceptors (Lipinski definition) is 8. The number of hydrogen-bond donors (Lipinski definition) is 2. The minimum atomic E-state index is -0.654. The number of anilines is 2. The molecule has 0 aliphatic carbocycles. The number of nitrogens with one attached hydrogen (secondary N) is 2. The number of benzene rings is 1. The van der Waals surface area contributed by atoms with E-state index in [0.29, 0.717) is 42.0 Å². The third kappa shape index (κ3) is 5.88. The van der Waals surface area contributed by atoms with Gasteiger partial charge < -0.3 is 25.2 Å². The quantitative estimate of drug-likeness (QED) is 0.422. The van der Waals surface area contributed by atoms with Gasteiger partial charge in [-0.15, -0.1) is 0 Å². The average molecular weight is 564 g/mol. The summed E-state index contributed by atoms with van der Waals surface area (Å²) in [6.45, 7) is 5.44. The molecule has 2 aliphatic heterocycles. The van der Waals surface area contributed by atoms with Gasteiger partial charge >= 0.3 is 0 Å². The predicted molar refractivity (Wildman–Crippen MR) is 154 cm³/mol. The smallest absolute Gasteiger partial charge is 0.255 e. The Balaban J connectivity index is 1.29. The average Bonchev–Trinajstić information content (AvgIpc) is 3.29. The second-order valence-corrected chi connectivity index (χ2v) is 10.9. The van der Waals surface area contributed by atoms with Crippen molar-refractivity contribution in [2.45, 2.75) is 51.4 Å². The van der Waals surface area contributed by atoms with Crippen molar-refractivity contribution in [2.24, 2.45) is 0 Å². The van der Waals surface area contributed by atoms with Crippen molar-refractivity contribution in [3.05, 3.63) is 64.4 Å². The normalized spacial score (nSPS) is 16.8. The molecule has 1 aromatic carbocycles. The lowest BCUT2D eigenvalue weighted by atomic mass is 10.0. The standard InChI is InChI=1S/C29H34ClN7O3/c1-17(19-7-10-31-25(14-19)36(3)4)33-27(38)18(2)37-16-21-6-5-20(13-23(21)28(37)39)26-24(30)15-32-29(35-26)34-22-8-11-40-12-9-22/h5-7,10,13-15,17-18,22H,8-9,11-12,16H2,1-4H3,(H,33,38)(H,32,34,35). The van der Waals surface area contributed by atoms with E-state index in [1.807, 2.05) is 50.2 Å². The van der Waals surface area contributed by atoms with Crippen LogP contribution in [0.3, 0.4) is 0 Å². The van der Waals surface area contributed by atoms with Gasteiger partial charge in [-0.2, -0.15) is 0 Å². The van der Waals surface area contributed by atoms with Gasteiger partial charge in [-0.1, -0.05) is 23.7 Å². The Morgan fingerprint density at radius 2 is 1.93 bits per heavy atom. The third-order valence-corrected chi connectivity index (χ3v) is 7.72. The van der Waals surface area contributed by atoms with Crippen molar-refractivity contribution < 1.29 is 14.3 Å². The fourth-order valence-corrected chi connectivity index (χ4v) is 5.15. The molecule has 5 rings (SSSR count). The first-order chi connectivity index (χ1) is 19.2. The molecule has 0 spiro atoms. The van der Waals surface area contributed by atoms with E-state index in [1.165, 1.54) is 0 Å². The summed E-state index contributed by atoms with van der Waals surface area (Å²) in [5.74, 6) is 0.880. The molecule has 2 unspecified atom stereocenters. The number of carbonyl (C=O) groups excluding carboxylic acids is 2. The summed E-state index contributed by atoms with van der Waals surface area (Å²) in [7, 11) is 3.84. The van der Waals surface area contributed by atoms with Crippen LogP contribution in [0.1, 0.15) is 54.2 Å². The fourth-order valence-electron chi connectivity index (χ4n) is 4.95. The van der Waals surface area contributed by atoms with Crippen LogP contribution in [0.5, 0.6) is 0 Å². The van der Waals surface area contributed by atoms with Crippen molar-refractivity contribution >= 4 is 35.2 Å². The molecule has 10 nitrogen and oxygen atoms in total. The first kappa shape index (κ1) is 27.8. The van der Waals surface area contributed by atoms with E-state index >= 15 is 0 Å². The zero-order valence-electron chi connectivity index (χ0n) is 23.1. The van der Waals surface area contributed by atoms with Crippen LogP contribution in [0.25, 0.3) is 11.3 Å². The summed E-state index contributed by atoms with van der Waals surface area (Å²) in [5.41, 5.74) is 3.61. The van der Waals surface area contributed by atoms with Gasteiger partial charge in [-0.05, 0) is 56.0 Å². The molecule has 3 aromatic rings. The molecule has 1 fully saturated rings. The molecule has 0 bridgehead atoms. The van der Waals surface area contributed by atoms with E-state index < -0.39 is 6.04 Å². The number of rotatable bonds is 8. The molecule has 40 heavy (non-hydrogen) atoms. The number of halogens is 1. The van der Waals surface area contributed by atoms with Crippen molar-refractivity contribution in [1.29, 1.82) is 0 Å². The van der Waals surface area contributed by atoms with E-state index in [1.54, 1.807) is 30.3 Å². The fraction of sp³-hybridized carbons (Fsp3) is 0.414. The van der Waals surface area contributed by atoms with Crippen LogP contribution in [0.4, 0.5) is 11.8 Å². The highest BCUT2D eigenvalue weighted by Crippen LogP contribution is 2.32. The Morgan fingerprint density at radius 3 is 2.67 bits per heavy atom. The first-order valence-electron chi connectivity index (χ1n) is 13.5. The van der Waals surface area contributed by atoms with E-state index in [2.05, 4.69) is 25.6 Å². The summed E-state index contributed by atoms with van der Waals surface area (Å²) in [6, 6.07) is 8.77. The number of nitrogens with zero attached hydrogens (tertiary/aromatic N) is 5. The van der Waals surface area contributed by atoms with Crippen molar-refractivity contribution in [1.82, 2.24) is 25.2 Å². The molecular weight excluding hydrogens is 530 g/mol. The van der Waals surface area contributed by atoms with Gasteiger partial charge in [0.15, 0.2) is 0 Å². The van der Waals surface area contributed by atoms with Crippen LogP contribution < -0.4 is 15.5 Å². The van der Waals surface area contributed by atoms with E-state index in [4.69, 9.17) is 16.3 Å². The molecular formula is C29H34ClN7O3. The summed E-state index contributed by atoms with van der Waals surface area (Å²) in [4.78, 5) is 43.5. The predicted octanol–water partition coefficient (Wildman–Crippen LogP) is 4.07. The van der Waals surface area contributed by atoms with E-state index in [9.17, 15) is 9.59 Å². The van der Waals surface area contributed by atoms with Crippen molar-refractivity contribution in [2.75, 3.05) is 37.5 Å². The van der Waals surface area contributed by atoms with Gasteiger partial charge in [-0.3, -0.25) is 9.59 Å². The monoisotopic (exact) mass is 563 g/mol. The number of aromatic nitrogens is 3. The number of fused-ring (bicyclic) bond motifs is 1. The van der Waals surface area contributed by atoms with Crippen LogP contribution in [0, 0.1) is 0 Å². The Bertz CT molecular complexity index is 1410. The molecule has 0 radical (unpaired) electrons. The molecule has 0 saturated carbocycles. The van der Waals surface area contributed by atoms with Crippen LogP contribution in [-0.2, 0) is 16.1 Å². The lowest BCUT2D eigenvalue weighted by Crippen LogP contribution is -2.45. The summed E-state index contributed by atoms with van der Waals surface area (Å²) in [6.07, 6.45) is 5.07. The maximum Gasteiger partial charge on any atom is 0.255 e. The highest BCUT2D eigenvalue weighted by atomic mass is 35.5. The maximum absolute atomic E-state index is 13.5. The number of amides is 2. The van der Waals surface area contributed by atoms with Gasteiger partial charge in [0, 0.05) is 57.2 Å². The van der Waals surface area contributed by atoms with E-state index in [0.717, 1.165) is 35.3 Å². The highest BCUT2D eigenvalue weighted by molar-refractivity contribution is 6.33. The lowest BCUT2D eigenvalue weighted by molar-refractivity contribution is -0.125. The Morgan fingerprint density at radius 1 is 1.15 bits per heavy atom. The van der Waals surface area contributed by atoms with Crippen LogP contribution in [0.2, 0.25) is 5.02 Å². The van der Waals surface area contributed by atoms with Gasteiger partial charge in [0.2, 0.25) is 11.9 Å². The van der Waals surface area contributed by atoms with Gasteiger partial charge in [0.1, 0.15) is 11.9 Å². The molecule has 2 amide bonds. The SMILES string of the molecule is CC(NC(=O)C(C)N1Cc2ccc(-c3nc(NC4CCOCC4)ncc3Cl)cc2C1=O)c1ccnc(N(C)C)c1. The second kappa shape index (κ2) is 11.8. The molecule has 2 N–H and O–H groups in total. The van der Waals surface area contributed by atoms with Gasteiger partial charge in [0.25, 0.3) is 5.91 Å². The van der Waals surface area contributed by atoms with Gasteiger partial charge in [-0.25, -0.2) is 15.0 Å². The lowest BCUT2D eigenvalue weighted by Gasteiger charge is -2.25. The molecule has 2 aromatic heterocycles. The van der Waals surface area contributed by atoms with Crippen LogP contribution in [0.15, 0.2) is 42.7 Å². The molecule has 2 aliphatic rings. The number of ether oxygens (including phenoxy) is 1. The minimum absolute atomic E-state index is 0.198. The van der Waals surface area contributed by atoms with E-state index in [-0.39, 0.29) is 23.9 Å². The maximum atomic E-state index is 13.5. The molecule has 11 heteroatoms. The Kier molecular flexibility index (Phi) is 8.18. The second-order valence-electron chi connectivity index (χ2n) is 10.5. The minimum Gasteiger partial charge on any atom is -0.381 e. The molecule has 2 atom stereocenters. The first-order valence-corrected chi connectivity index (χ1v) is 13.8. The van der Waals surface area contributed by atoms with Crippen LogP contribution in [-0.4, -0.2) is 71.1 Å². The zero-order valence-corrected chi connectivity index (χ0v) is 23.9. The Labute approximate surface area is 239 Å². The summed E-state index contributed by atoms with van der Waals surface area (Å²) >= 11 is 6.48. The van der Waals surface area contributed by atoms with Crippen molar-refractivity contribution in [3.8, 4) is 11.3 Å². The van der Waals surface area contributed by atoms with Gasteiger partial charge in [0.05, 0.1) is 23.0 Å². The molecule has 1 saturated heterocycles. The van der Waals surface area contributed by atoms with Crippen LogP contribution >= 0.6 is 11.6 Å². The topological polar surface area (TPSA) is 113 Å². The largest absolute Gasteiger partial charge is 0.381 e. The van der Waals surface area contributed by atoms with Crippen molar-refractivity contribution in [3.63, 3.8) is 0 Å². The summed E-state index contributed by atoms with van der Waals surface area (Å²) < 4.78 is 5.43. The zero-order chi connectivity index (χ0) is 28.4. The molecule has 210 valence electrons. The Hall–Kier alpha value is -3.76. The highest BCUT2D eigenvalue weighted by Gasteiger charge is 2.34.